The molecule has 92 valence electrons. The van der Waals surface area contributed by atoms with Gasteiger partial charge >= 0.3 is 0 Å². The number of amides is 2. The monoisotopic (exact) mass is 236 g/mol. The summed E-state index contributed by atoms with van der Waals surface area (Å²) in [7, 11) is 1.49. The van der Waals surface area contributed by atoms with E-state index < -0.39 is 11.9 Å². The number of likely N-dealkylation sites (N-methyl/N-ethyl adjacent to an activating group) is 1. The van der Waals surface area contributed by atoms with E-state index in [-0.39, 0.29) is 17.2 Å². The summed E-state index contributed by atoms with van der Waals surface area (Å²) in [5.41, 5.74) is 1.02. The molecule has 0 aliphatic heterocycles. The minimum absolute atomic E-state index is 0.0911. The third-order valence-corrected chi connectivity index (χ3v) is 2.39. The van der Waals surface area contributed by atoms with Gasteiger partial charge in [0.2, 0.25) is 5.91 Å². The van der Waals surface area contributed by atoms with Crippen molar-refractivity contribution in [2.75, 3.05) is 7.05 Å². The average Bonchev–Trinajstić information content (AvgIpc) is 2.27. The molecule has 0 heterocycles. The van der Waals surface area contributed by atoms with Crippen molar-refractivity contribution < 1.29 is 14.7 Å². The number of aryl methyl sites for hydroxylation is 1. The fourth-order valence-electron chi connectivity index (χ4n) is 1.39. The van der Waals surface area contributed by atoms with Gasteiger partial charge < -0.3 is 15.7 Å². The molecule has 0 saturated carbocycles. The maximum absolute atomic E-state index is 11.8. The Balaban J connectivity index is 2.80. The standard InChI is InChI=1S/C12H16N2O3/c1-7-4-5-9(10(15)6-7)12(17)14-8(2)11(16)13-3/h4-6,8,15H,1-3H3,(H,13,16)(H,14,17). The molecule has 2 amide bonds. The predicted octanol–water partition coefficient (Wildman–Crippen LogP) is 0.565. The van der Waals surface area contributed by atoms with Crippen molar-refractivity contribution in [3.8, 4) is 5.75 Å². The van der Waals surface area contributed by atoms with Crippen LogP contribution < -0.4 is 10.6 Å². The molecule has 1 rings (SSSR count). The number of carbonyl (C=O) groups excluding carboxylic acids is 2. The number of carbonyl (C=O) groups is 2. The van der Waals surface area contributed by atoms with Crippen LogP contribution in [0.2, 0.25) is 0 Å². The van der Waals surface area contributed by atoms with Gasteiger partial charge in [-0.25, -0.2) is 0 Å². The van der Waals surface area contributed by atoms with Crippen LogP contribution >= 0.6 is 0 Å². The summed E-state index contributed by atoms with van der Waals surface area (Å²) in [6.45, 7) is 3.39. The van der Waals surface area contributed by atoms with E-state index in [2.05, 4.69) is 10.6 Å². The highest BCUT2D eigenvalue weighted by Gasteiger charge is 2.17. The van der Waals surface area contributed by atoms with Crippen LogP contribution in [-0.4, -0.2) is 30.0 Å². The van der Waals surface area contributed by atoms with E-state index in [4.69, 9.17) is 0 Å². The molecule has 0 aliphatic rings. The van der Waals surface area contributed by atoms with Crippen LogP contribution in [0.4, 0.5) is 0 Å². The van der Waals surface area contributed by atoms with E-state index in [0.29, 0.717) is 0 Å². The van der Waals surface area contributed by atoms with Gasteiger partial charge in [-0.3, -0.25) is 9.59 Å². The summed E-state index contributed by atoms with van der Waals surface area (Å²) in [6.07, 6.45) is 0. The molecule has 5 heteroatoms. The first-order chi connectivity index (χ1) is 7.95. The van der Waals surface area contributed by atoms with E-state index in [1.54, 1.807) is 13.0 Å². The van der Waals surface area contributed by atoms with Crippen LogP contribution in [0, 0.1) is 6.92 Å². The minimum Gasteiger partial charge on any atom is -0.507 e. The molecule has 3 N–H and O–H groups in total. The van der Waals surface area contributed by atoms with E-state index >= 15 is 0 Å². The van der Waals surface area contributed by atoms with Gasteiger partial charge in [0.25, 0.3) is 5.91 Å². The van der Waals surface area contributed by atoms with Crippen molar-refractivity contribution in [2.24, 2.45) is 0 Å². The third kappa shape index (κ3) is 3.21. The van der Waals surface area contributed by atoms with Gasteiger partial charge in [0.05, 0.1) is 5.56 Å². The zero-order chi connectivity index (χ0) is 13.0. The molecule has 0 spiro atoms. The highest BCUT2D eigenvalue weighted by Crippen LogP contribution is 2.18. The Bertz CT molecular complexity index is 443. The Kier molecular flexibility index (Phi) is 4.09. The second-order valence-corrected chi connectivity index (χ2v) is 3.83. The second-order valence-electron chi connectivity index (χ2n) is 3.83. The molecule has 1 unspecified atom stereocenters. The Morgan fingerprint density at radius 2 is 2.00 bits per heavy atom. The lowest BCUT2D eigenvalue weighted by atomic mass is 10.1. The lowest BCUT2D eigenvalue weighted by Crippen LogP contribution is -2.43. The Morgan fingerprint density at radius 3 is 2.53 bits per heavy atom. The van der Waals surface area contributed by atoms with Gasteiger partial charge in [-0.1, -0.05) is 6.07 Å². The molecule has 1 aromatic rings. The number of rotatable bonds is 3. The number of phenols is 1. The largest absolute Gasteiger partial charge is 0.507 e. The summed E-state index contributed by atoms with van der Waals surface area (Å²) < 4.78 is 0. The molecule has 0 bridgehead atoms. The number of phenolic OH excluding ortho intramolecular Hbond substituents is 1. The summed E-state index contributed by atoms with van der Waals surface area (Å²) in [6, 6.07) is 4.10. The van der Waals surface area contributed by atoms with Crippen molar-refractivity contribution in [1.29, 1.82) is 0 Å². The van der Waals surface area contributed by atoms with Crippen molar-refractivity contribution in [1.82, 2.24) is 10.6 Å². The maximum atomic E-state index is 11.8. The number of hydrogen-bond acceptors (Lipinski definition) is 3. The van der Waals surface area contributed by atoms with Gasteiger partial charge in [-0.2, -0.15) is 0 Å². The summed E-state index contributed by atoms with van der Waals surface area (Å²) in [4.78, 5) is 23.0. The predicted molar refractivity (Wildman–Crippen MR) is 63.8 cm³/mol. The van der Waals surface area contributed by atoms with E-state index in [0.717, 1.165) is 5.56 Å². The van der Waals surface area contributed by atoms with Crippen molar-refractivity contribution in [3.63, 3.8) is 0 Å². The molecule has 0 fully saturated rings. The molecule has 0 aliphatic carbocycles. The van der Waals surface area contributed by atoms with Crippen LogP contribution in [-0.2, 0) is 4.79 Å². The Morgan fingerprint density at radius 1 is 1.35 bits per heavy atom. The summed E-state index contributed by atoms with van der Waals surface area (Å²) in [5, 5.41) is 14.5. The summed E-state index contributed by atoms with van der Waals surface area (Å²) >= 11 is 0. The van der Waals surface area contributed by atoms with Gasteiger partial charge in [-0.05, 0) is 31.5 Å². The lowest BCUT2D eigenvalue weighted by molar-refractivity contribution is -0.122. The van der Waals surface area contributed by atoms with Crippen LogP contribution in [0.1, 0.15) is 22.8 Å². The fraction of sp³-hybridized carbons (Fsp3) is 0.333. The van der Waals surface area contributed by atoms with Crippen LogP contribution in [0.25, 0.3) is 0 Å². The number of hydrogen-bond donors (Lipinski definition) is 3. The molecule has 1 aromatic carbocycles. The number of aromatic hydroxyl groups is 1. The molecule has 0 radical (unpaired) electrons. The SMILES string of the molecule is CNC(=O)C(C)NC(=O)c1ccc(C)cc1O. The number of benzene rings is 1. The van der Waals surface area contributed by atoms with Crippen LogP contribution in [0.5, 0.6) is 5.75 Å². The maximum Gasteiger partial charge on any atom is 0.255 e. The Hall–Kier alpha value is -2.04. The lowest BCUT2D eigenvalue weighted by Gasteiger charge is -2.13. The molecule has 0 aromatic heterocycles. The average molecular weight is 236 g/mol. The highest BCUT2D eigenvalue weighted by molar-refractivity contribution is 5.99. The van der Waals surface area contributed by atoms with Crippen molar-refractivity contribution >= 4 is 11.8 Å². The van der Waals surface area contributed by atoms with Gasteiger partial charge in [-0.15, -0.1) is 0 Å². The zero-order valence-corrected chi connectivity index (χ0v) is 10.1. The van der Waals surface area contributed by atoms with Gasteiger partial charge in [0.15, 0.2) is 0 Å². The zero-order valence-electron chi connectivity index (χ0n) is 10.1. The smallest absolute Gasteiger partial charge is 0.255 e. The first-order valence-corrected chi connectivity index (χ1v) is 5.27. The Labute approximate surface area is 99.8 Å². The quantitative estimate of drug-likeness (QED) is 0.717. The van der Waals surface area contributed by atoms with E-state index in [9.17, 15) is 14.7 Å². The van der Waals surface area contributed by atoms with Gasteiger partial charge in [0.1, 0.15) is 11.8 Å². The normalized spacial score (nSPS) is 11.7. The number of nitrogens with one attached hydrogen (secondary N) is 2. The second kappa shape index (κ2) is 5.34. The third-order valence-electron chi connectivity index (χ3n) is 2.39. The van der Waals surface area contributed by atoms with Crippen molar-refractivity contribution in [3.05, 3.63) is 29.3 Å². The molecule has 1 atom stereocenters. The molecule has 17 heavy (non-hydrogen) atoms. The highest BCUT2D eigenvalue weighted by atomic mass is 16.3. The van der Waals surface area contributed by atoms with E-state index in [1.165, 1.54) is 19.2 Å². The van der Waals surface area contributed by atoms with E-state index in [1.807, 2.05) is 6.92 Å². The summed E-state index contributed by atoms with van der Waals surface area (Å²) in [5.74, 6) is -0.852. The van der Waals surface area contributed by atoms with Crippen LogP contribution in [0.15, 0.2) is 18.2 Å². The van der Waals surface area contributed by atoms with Crippen molar-refractivity contribution in [2.45, 2.75) is 19.9 Å². The molecular weight excluding hydrogens is 220 g/mol. The molecule has 0 saturated heterocycles. The first-order valence-electron chi connectivity index (χ1n) is 5.27. The van der Waals surface area contributed by atoms with Gasteiger partial charge in [0, 0.05) is 7.05 Å². The molecule has 5 nitrogen and oxygen atoms in total. The topological polar surface area (TPSA) is 78.4 Å². The molecular formula is C12H16N2O3. The minimum atomic E-state index is -0.645. The fourth-order valence-corrected chi connectivity index (χ4v) is 1.39. The first kappa shape index (κ1) is 13.0. The van der Waals surface area contributed by atoms with Crippen LogP contribution in [0.3, 0.4) is 0 Å².